The molecular weight excluding hydrogens is 310 g/mol. The number of nitrogens with one attached hydrogen (secondary N) is 2. The second-order valence-corrected chi connectivity index (χ2v) is 6.39. The quantitative estimate of drug-likeness (QED) is 0.334. The first-order chi connectivity index (χ1) is 10.1. The van der Waals surface area contributed by atoms with Gasteiger partial charge in [-0.2, -0.15) is 5.10 Å². The minimum Gasteiger partial charge on any atom is -0.306 e. The second kappa shape index (κ2) is 6.48. The lowest BCUT2D eigenvalue weighted by Crippen LogP contribution is -2.31. The van der Waals surface area contributed by atoms with Crippen LogP contribution in [-0.2, 0) is 10.0 Å². The highest BCUT2D eigenvalue weighted by atomic mass is 32.2. The molecule has 110 valence electrons. The number of nitrogens with zero attached hydrogens (tertiary/aromatic N) is 2. The van der Waals surface area contributed by atoms with E-state index >= 15 is 0 Å². The molecule has 2 aromatic rings. The monoisotopic (exact) mass is 323 g/mol. The predicted octanol–water partition coefficient (Wildman–Crippen LogP) is 1.37. The number of hydrogen-bond acceptors (Lipinski definition) is 6. The van der Waals surface area contributed by atoms with E-state index in [1.165, 1.54) is 17.4 Å². The Morgan fingerprint density at radius 2 is 1.95 bits per heavy atom. The maximum Gasteiger partial charge on any atom is 0.263 e. The van der Waals surface area contributed by atoms with E-state index in [1.54, 1.807) is 35.7 Å². The molecule has 1 heterocycles. The molecule has 1 aromatic carbocycles. The third-order valence-electron chi connectivity index (χ3n) is 2.47. The third kappa shape index (κ3) is 3.45. The Hall–Kier alpha value is -2.23. The van der Waals surface area contributed by atoms with Crippen molar-refractivity contribution < 1.29 is 8.42 Å². The van der Waals surface area contributed by atoms with Crippen molar-refractivity contribution in [1.29, 1.82) is 0 Å². The maximum atomic E-state index is 12.4. The summed E-state index contributed by atoms with van der Waals surface area (Å²) in [6, 6.07) is 10.1. The van der Waals surface area contributed by atoms with Crippen LogP contribution in [0.4, 0.5) is 5.69 Å². The van der Waals surface area contributed by atoms with Gasteiger partial charge in [0.2, 0.25) is 0 Å². The molecule has 0 amide bonds. The molecule has 2 rings (SSSR count). The summed E-state index contributed by atoms with van der Waals surface area (Å²) in [5, 5.41) is 8.67. The van der Waals surface area contributed by atoms with Gasteiger partial charge in [0.15, 0.2) is 5.84 Å². The molecule has 0 saturated heterocycles. The van der Waals surface area contributed by atoms with Gasteiger partial charge in [-0.3, -0.25) is 4.72 Å². The van der Waals surface area contributed by atoms with Crippen LogP contribution in [0.1, 0.15) is 4.88 Å². The molecule has 0 aliphatic rings. The number of amidine groups is 1. The standard InChI is InChI=1S/C12H13N5O2S2/c1-14-16-12(15-13)11-10(7-8-20-11)21(18,19)17-9-5-3-2-4-6-9/h2-8,17H,1,13H2,(H,15,16). The van der Waals surface area contributed by atoms with Crippen LogP contribution in [-0.4, -0.2) is 21.0 Å². The topological polar surface area (TPSA) is 109 Å². The summed E-state index contributed by atoms with van der Waals surface area (Å²) in [6.07, 6.45) is 0. The Morgan fingerprint density at radius 1 is 1.24 bits per heavy atom. The van der Waals surface area contributed by atoms with Crippen LogP contribution in [0.2, 0.25) is 0 Å². The van der Waals surface area contributed by atoms with Crippen molar-refractivity contribution in [2.45, 2.75) is 4.90 Å². The lowest BCUT2D eigenvalue weighted by atomic mass is 10.3. The number of nitrogens with two attached hydrogens (primary N) is 1. The number of thiophene rings is 1. The first-order valence-electron chi connectivity index (χ1n) is 5.74. The van der Waals surface area contributed by atoms with Crippen molar-refractivity contribution in [2.24, 2.45) is 16.0 Å². The highest BCUT2D eigenvalue weighted by Gasteiger charge is 2.22. The molecule has 0 unspecified atom stereocenters. The largest absolute Gasteiger partial charge is 0.306 e. The average Bonchev–Trinajstić information content (AvgIpc) is 2.95. The average molecular weight is 323 g/mol. The molecule has 9 heteroatoms. The maximum absolute atomic E-state index is 12.4. The van der Waals surface area contributed by atoms with E-state index in [0.29, 0.717) is 10.6 Å². The minimum absolute atomic E-state index is 0.0664. The van der Waals surface area contributed by atoms with Gasteiger partial charge in [0, 0.05) is 12.4 Å². The zero-order chi connectivity index (χ0) is 15.3. The molecule has 21 heavy (non-hydrogen) atoms. The van der Waals surface area contributed by atoms with E-state index in [1.807, 2.05) is 0 Å². The molecule has 7 nitrogen and oxygen atoms in total. The summed E-state index contributed by atoms with van der Waals surface area (Å²) in [7, 11) is -3.75. The van der Waals surface area contributed by atoms with E-state index < -0.39 is 10.0 Å². The minimum atomic E-state index is -3.75. The highest BCUT2D eigenvalue weighted by Crippen LogP contribution is 2.24. The number of rotatable bonds is 5. The Labute approximate surface area is 126 Å². The molecule has 0 aliphatic carbocycles. The molecule has 0 bridgehead atoms. The number of hydrogen-bond donors (Lipinski definition) is 3. The Morgan fingerprint density at radius 3 is 2.57 bits per heavy atom. The van der Waals surface area contributed by atoms with Gasteiger partial charge >= 0.3 is 0 Å². The SMILES string of the molecule is C=N/N=C(\NN)c1sccc1S(=O)(=O)Nc1ccccc1. The van der Waals surface area contributed by atoms with Gasteiger partial charge in [-0.1, -0.05) is 18.2 Å². The van der Waals surface area contributed by atoms with Gasteiger partial charge in [-0.25, -0.2) is 14.3 Å². The molecule has 0 fully saturated rings. The van der Waals surface area contributed by atoms with Crippen molar-refractivity contribution in [3.05, 3.63) is 46.7 Å². The molecule has 0 saturated carbocycles. The Balaban J connectivity index is 2.40. The second-order valence-electron chi connectivity index (χ2n) is 3.82. The number of para-hydroxylation sites is 1. The van der Waals surface area contributed by atoms with Gasteiger partial charge in [0.1, 0.15) is 4.90 Å². The third-order valence-corrected chi connectivity index (χ3v) is 4.94. The van der Waals surface area contributed by atoms with Gasteiger partial charge < -0.3 is 5.43 Å². The van der Waals surface area contributed by atoms with Crippen LogP contribution in [0.5, 0.6) is 0 Å². The Kier molecular flexibility index (Phi) is 4.68. The van der Waals surface area contributed by atoms with Crippen LogP contribution in [0, 0.1) is 0 Å². The Bertz CT molecular complexity index is 753. The smallest absolute Gasteiger partial charge is 0.263 e. The van der Waals surface area contributed by atoms with E-state index in [4.69, 9.17) is 5.84 Å². The van der Waals surface area contributed by atoms with E-state index in [9.17, 15) is 8.42 Å². The van der Waals surface area contributed by atoms with Crippen LogP contribution in [0.25, 0.3) is 0 Å². The fourth-order valence-electron chi connectivity index (χ4n) is 1.61. The van der Waals surface area contributed by atoms with Crippen LogP contribution in [0.3, 0.4) is 0 Å². The van der Waals surface area contributed by atoms with Crippen molar-refractivity contribution >= 4 is 39.6 Å². The van der Waals surface area contributed by atoms with E-state index in [0.717, 1.165) is 0 Å². The summed E-state index contributed by atoms with van der Waals surface area (Å²) in [5.74, 6) is 5.47. The molecule has 0 atom stereocenters. The summed E-state index contributed by atoms with van der Waals surface area (Å²) in [5.41, 5.74) is 2.78. The number of sulfonamides is 1. The highest BCUT2D eigenvalue weighted by molar-refractivity contribution is 7.93. The molecular formula is C12H13N5O2S2. The van der Waals surface area contributed by atoms with Gasteiger partial charge in [0.05, 0.1) is 4.88 Å². The zero-order valence-corrected chi connectivity index (χ0v) is 12.5. The van der Waals surface area contributed by atoms with E-state index in [2.05, 4.69) is 27.1 Å². The van der Waals surface area contributed by atoms with Crippen LogP contribution >= 0.6 is 11.3 Å². The first kappa shape index (κ1) is 15.2. The van der Waals surface area contributed by atoms with Gasteiger partial charge in [-0.05, 0) is 23.6 Å². The van der Waals surface area contributed by atoms with Crippen molar-refractivity contribution in [1.82, 2.24) is 5.43 Å². The summed E-state index contributed by atoms with van der Waals surface area (Å²) >= 11 is 1.18. The van der Waals surface area contributed by atoms with Crippen molar-refractivity contribution in [3.8, 4) is 0 Å². The number of anilines is 1. The summed E-state index contributed by atoms with van der Waals surface area (Å²) in [6.45, 7) is 3.22. The molecule has 1 aromatic heterocycles. The van der Waals surface area contributed by atoms with Gasteiger partial charge in [-0.15, -0.1) is 16.4 Å². The van der Waals surface area contributed by atoms with Crippen LogP contribution in [0.15, 0.2) is 56.9 Å². The normalized spacial score (nSPS) is 12.0. The predicted molar refractivity (Wildman–Crippen MR) is 85.0 cm³/mol. The van der Waals surface area contributed by atoms with Crippen LogP contribution < -0.4 is 16.0 Å². The molecule has 0 radical (unpaired) electrons. The fraction of sp³-hybridized carbons (Fsp3) is 0. The number of hydrazine groups is 1. The molecule has 0 aliphatic heterocycles. The summed E-state index contributed by atoms with van der Waals surface area (Å²) < 4.78 is 27.4. The summed E-state index contributed by atoms with van der Waals surface area (Å²) in [4.78, 5) is 0.421. The number of benzene rings is 1. The zero-order valence-electron chi connectivity index (χ0n) is 10.9. The van der Waals surface area contributed by atoms with E-state index in [-0.39, 0.29) is 10.7 Å². The van der Waals surface area contributed by atoms with Crippen molar-refractivity contribution in [3.63, 3.8) is 0 Å². The van der Waals surface area contributed by atoms with Gasteiger partial charge in [0.25, 0.3) is 10.0 Å². The lowest BCUT2D eigenvalue weighted by Gasteiger charge is -2.09. The molecule has 0 spiro atoms. The molecule has 4 N–H and O–H groups in total. The first-order valence-corrected chi connectivity index (χ1v) is 8.11. The van der Waals surface area contributed by atoms with Crippen molar-refractivity contribution in [2.75, 3.05) is 4.72 Å². The lowest BCUT2D eigenvalue weighted by molar-refractivity contribution is 0.601. The fourth-order valence-corrected chi connectivity index (χ4v) is 4.05.